The molecule has 1 fully saturated rings. The Kier molecular flexibility index (Phi) is 4.77. The number of benzene rings is 1. The molecular weight excluding hydrogens is 270 g/mol. The van der Waals surface area contributed by atoms with Gasteiger partial charge in [0.15, 0.2) is 0 Å². The predicted octanol–water partition coefficient (Wildman–Crippen LogP) is 2.79. The van der Waals surface area contributed by atoms with Crippen molar-refractivity contribution in [3.05, 3.63) is 33.9 Å². The molecule has 114 valence electrons. The van der Waals surface area contributed by atoms with Gasteiger partial charge in [-0.15, -0.1) is 0 Å². The van der Waals surface area contributed by atoms with E-state index in [0.29, 0.717) is 24.6 Å². The highest BCUT2D eigenvalue weighted by Crippen LogP contribution is 2.26. The Balaban J connectivity index is 2.15. The molecule has 1 N–H and O–H groups in total. The molecule has 21 heavy (non-hydrogen) atoms. The summed E-state index contributed by atoms with van der Waals surface area (Å²) in [5.41, 5.74) is 1.44. The summed E-state index contributed by atoms with van der Waals surface area (Å²) in [4.78, 5) is 24.5. The Morgan fingerprint density at radius 1 is 1.43 bits per heavy atom. The molecule has 0 spiro atoms. The zero-order chi connectivity index (χ0) is 15.4. The highest BCUT2D eigenvalue weighted by molar-refractivity contribution is 5.76. The lowest BCUT2D eigenvalue weighted by Crippen LogP contribution is -2.29. The lowest BCUT2D eigenvalue weighted by Gasteiger charge is -2.21. The first-order valence-electron chi connectivity index (χ1n) is 7.24. The second-order valence-electron chi connectivity index (χ2n) is 5.61. The lowest BCUT2D eigenvalue weighted by molar-refractivity contribution is -0.384. The number of nitro benzene ring substituents is 1. The van der Waals surface area contributed by atoms with Crippen LogP contribution in [0.4, 0.5) is 11.4 Å². The first-order valence-corrected chi connectivity index (χ1v) is 7.24. The summed E-state index contributed by atoms with van der Waals surface area (Å²) in [5, 5.41) is 13.8. The molecule has 2 rings (SSSR count). The Hall–Kier alpha value is -2.11. The van der Waals surface area contributed by atoms with Crippen LogP contribution < -0.4 is 5.32 Å². The lowest BCUT2D eigenvalue weighted by atomic mass is 10.0. The molecule has 1 unspecified atom stereocenters. The standard InChI is InChI=1S/C15H21N3O3/c1-11-3-6-15(19)17(8-7-11)10-12-4-5-14(18(20)21)13(9-12)16-2/h4-5,9,11,16H,3,6-8,10H2,1-2H3. The van der Waals surface area contributed by atoms with Crippen molar-refractivity contribution in [3.8, 4) is 0 Å². The topological polar surface area (TPSA) is 75.5 Å². The van der Waals surface area contributed by atoms with Crippen LogP contribution in [0.1, 0.15) is 31.7 Å². The molecule has 0 saturated carbocycles. The van der Waals surface area contributed by atoms with E-state index < -0.39 is 4.92 Å². The van der Waals surface area contributed by atoms with Crippen molar-refractivity contribution >= 4 is 17.3 Å². The van der Waals surface area contributed by atoms with Gasteiger partial charge in [-0.2, -0.15) is 0 Å². The minimum atomic E-state index is -0.408. The zero-order valence-electron chi connectivity index (χ0n) is 12.5. The highest BCUT2D eigenvalue weighted by atomic mass is 16.6. The Morgan fingerprint density at radius 3 is 2.86 bits per heavy atom. The van der Waals surface area contributed by atoms with E-state index in [1.807, 2.05) is 4.90 Å². The van der Waals surface area contributed by atoms with Crippen LogP contribution in [0.5, 0.6) is 0 Å². The van der Waals surface area contributed by atoms with Crippen molar-refractivity contribution in [1.29, 1.82) is 0 Å². The van der Waals surface area contributed by atoms with Gasteiger partial charge >= 0.3 is 0 Å². The maximum atomic E-state index is 12.1. The number of rotatable bonds is 4. The molecule has 0 radical (unpaired) electrons. The summed E-state index contributed by atoms with van der Waals surface area (Å²) >= 11 is 0. The van der Waals surface area contributed by atoms with Gasteiger partial charge in [0, 0.05) is 32.6 Å². The number of nitro groups is 1. The number of nitrogens with zero attached hydrogens (tertiary/aromatic N) is 2. The van der Waals surface area contributed by atoms with Crippen LogP contribution in [0.3, 0.4) is 0 Å². The first-order chi connectivity index (χ1) is 10.0. The number of hydrogen-bond acceptors (Lipinski definition) is 4. The molecule has 1 amide bonds. The van der Waals surface area contributed by atoms with E-state index in [9.17, 15) is 14.9 Å². The number of carbonyl (C=O) groups excluding carboxylic acids is 1. The molecule has 6 nitrogen and oxygen atoms in total. The molecule has 0 aromatic heterocycles. The minimum absolute atomic E-state index is 0.0528. The number of amides is 1. The third-order valence-electron chi connectivity index (χ3n) is 4.00. The molecule has 1 atom stereocenters. The van der Waals surface area contributed by atoms with Gasteiger partial charge in [0.05, 0.1) is 4.92 Å². The molecule has 1 aromatic carbocycles. The van der Waals surface area contributed by atoms with E-state index in [0.717, 1.165) is 24.9 Å². The fourth-order valence-corrected chi connectivity index (χ4v) is 2.60. The fraction of sp³-hybridized carbons (Fsp3) is 0.533. The summed E-state index contributed by atoms with van der Waals surface area (Å²) in [6.07, 6.45) is 2.54. The summed E-state index contributed by atoms with van der Waals surface area (Å²) < 4.78 is 0. The van der Waals surface area contributed by atoms with Crippen LogP contribution in [0, 0.1) is 16.0 Å². The van der Waals surface area contributed by atoms with Gasteiger partial charge in [0.1, 0.15) is 5.69 Å². The molecule has 0 aliphatic carbocycles. The molecule has 1 saturated heterocycles. The summed E-state index contributed by atoms with van der Waals surface area (Å²) in [6, 6.07) is 4.96. The van der Waals surface area contributed by atoms with Crippen molar-refractivity contribution < 1.29 is 9.72 Å². The summed E-state index contributed by atoms with van der Waals surface area (Å²) in [7, 11) is 1.66. The monoisotopic (exact) mass is 291 g/mol. The van der Waals surface area contributed by atoms with E-state index >= 15 is 0 Å². The molecule has 1 aliphatic heterocycles. The highest BCUT2D eigenvalue weighted by Gasteiger charge is 2.21. The normalized spacial score (nSPS) is 19.2. The van der Waals surface area contributed by atoms with E-state index in [1.165, 1.54) is 6.07 Å². The van der Waals surface area contributed by atoms with Crippen molar-refractivity contribution in [1.82, 2.24) is 4.90 Å². The van der Waals surface area contributed by atoms with Gasteiger partial charge < -0.3 is 10.2 Å². The van der Waals surface area contributed by atoms with Crippen LogP contribution in [-0.4, -0.2) is 29.3 Å². The molecule has 1 heterocycles. The predicted molar refractivity (Wildman–Crippen MR) is 81.1 cm³/mol. The molecule has 1 aliphatic rings. The second kappa shape index (κ2) is 6.56. The van der Waals surface area contributed by atoms with Gasteiger partial charge in [-0.05, 0) is 30.4 Å². The molecule has 1 aromatic rings. The van der Waals surface area contributed by atoms with Crippen LogP contribution in [0.15, 0.2) is 18.2 Å². The van der Waals surface area contributed by atoms with Gasteiger partial charge in [-0.1, -0.05) is 13.0 Å². The van der Waals surface area contributed by atoms with Gasteiger partial charge in [0.25, 0.3) is 5.69 Å². The van der Waals surface area contributed by atoms with Crippen molar-refractivity contribution in [3.63, 3.8) is 0 Å². The maximum absolute atomic E-state index is 12.1. The number of carbonyl (C=O) groups is 1. The Labute approximate surface area is 124 Å². The molecule has 0 bridgehead atoms. The maximum Gasteiger partial charge on any atom is 0.292 e. The smallest absolute Gasteiger partial charge is 0.292 e. The van der Waals surface area contributed by atoms with Crippen LogP contribution in [-0.2, 0) is 11.3 Å². The van der Waals surface area contributed by atoms with E-state index in [4.69, 9.17) is 0 Å². The quantitative estimate of drug-likeness (QED) is 0.683. The van der Waals surface area contributed by atoms with Crippen LogP contribution in [0.25, 0.3) is 0 Å². The van der Waals surface area contributed by atoms with Gasteiger partial charge in [-0.3, -0.25) is 14.9 Å². The number of likely N-dealkylation sites (tertiary alicyclic amines) is 1. The third-order valence-corrected chi connectivity index (χ3v) is 4.00. The third kappa shape index (κ3) is 3.71. The van der Waals surface area contributed by atoms with Gasteiger partial charge in [-0.25, -0.2) is 0 Å². The minimum Gasteiger partial charge on any atom is -0.383 e. The van der Waals surface area contributed by atoms with Crippen molar-refractivity contribution in [2.24, 2.45) is 5.92 Å². The van der Waals surface area contributed by atoms with E-state index in [2.05, 4.69) is 12.2 Å². The fourth-order valence-electron chi connectivity index (χ4n) is 2.60. The van der Waals surface area contributed by atoms with Crippen LogP contribution in [0.2, 0.25) is 0 Å². The Morgan fingerprint density at radius 2 is 2.19 bits per heavy atom. The van der Waals surface area contributed by atoms with Crippen molar-refractivity contribution in [2.45, 2.75) is 32.7 Å². The first kappa shape index (κ1) is 15.3. The van der Waals surface area contributed by atoms with E-state index in [1.54, 1.807) is 19.2 Å². The molecular formula is C15H21N3O3. The van der Waals surface area contributed by atoms with Crippen molar-refractivity contribution in [2.75, 3.05) is 18.9 Å². The number of anilines is 1. The van der Waals surface area contributed by atoms with Gasteiger partial charge in [0.2, 0.25) is 5.91 Å². The average Bonchev–Trinajstić information content (AvgIpc) is 2.62. The summed E-state index contributed by atoms with van der Waals surface area (Å²) in [6.45, 7) is 3.44. The summed E-state index contributed by atoms with van der Waals surface area (Å²) in [5.74, 6) is 0.743. The van der Waals surface area contributed by atoms with E-state index in [-0.39, 0.29) is 11.6 Å². The zero-order valence-corrected chi connectivity index (χ0v) is 12.5. The van der Waals surface area contributed by atoms with Crippen LogP contribution >= 0.6 is 0 Å². The SMILES string of the molecule is CNc1cc(CN2CCC(C)CCC2=O)ccc1[N+](=O)[O-]. The average molecular weight is 291 g/mol. The number of hydrogen-bond donors (Lipinski definition) is 1. The molecule has 6 heteroatoms. The second-order valence-corrected chi connectivity index (χ2v) is 5.61. The number of nitrogens with one attached hydrogen (secondary N) is 1. The largest absolute Gasteiger partial charge is 0.383 e. The Bertz CT molecular complexity index is 545.